The summed E-state index contributed by atoms with van der Waals surface area (Å²) in [7, 11) is 0. The first-order valence-corrected chi connectivity index (χ1v) is 8.88. The highest BCUT2D eigenvalue weighted by atomic mass is 19.4. The fraction of sp³-hybridized carbons (Fsp3) is 0.579. The number of carbonyl (C=O) groups is 2. The van der Waals surface area contributed by atoms with Crippen molar-refractivity contribution in [2.45, 2.75) is 58.9 Å². The summed E-state index contributed by atoms with van der Waals surface area (Å²) in [6.45, 7) is 9.92. The van der Waals surface area contributed by atoms with Crippen LogP contribution in [0.25, 0.3) is 0 Å². The molecule has 1 aromatic carbocycles. The van der Waals surface area contributed by atoms with Gasteiger partial charge < -0.3 is 14.2 Å². The average Bonchev–Trinajstić information content (AvgIpc) is 2.50. The van der Waals surface area contributed by atoms with Gasteiger partial charge >= 0.3 is 18.2 Å². The molecule has 1 aromatic rings. The summed E-state index contributed by atoms with van der Waals surface area (Å²) in [5, 5.41) is 0. The van der Waals surface area contributed by atoms with Crippen molar-refractivity contribution in [3.05, 3.63) is 29.3 Å². The lowest BCUT2D eigenvalue weighted by molar-refractivity contribution is -0.137. The van der Waals surface area contributed by atoms with Gasteiger partial charge in [-0.15, -0.1) is 0 Å². The first-order chi connectivity index (χ1) is 13.1. The van der Waals surface area contributed by atoms with Crippen LogP contribution < -0.4 is 15.6 Å². The van der Waals surface area contributed by atoms with Crippen LogP contribution in [0.3, 0.4) is 0 Å². The Morgan fingerprint density at radius 1 is 0.966 bits per heavy atom. The van der Waals surface area contributed by atoms with E-state index in [9.17, 15) is 22.8 Å². The maximum Gasteiger partial charge on any atom is 0.422 e. The fourth-order valence-electron chi connectivity index (χ4n) is 1.97. The van der Waals surface area contributed by atoms with E-state index in [-0.39, 0.29) is 24.5 Å². The summed E-state index contributed by atoms with van der Waals surface area (Å²) in [6, 6.07) is 2.54. The van der Waals surface area contributed by atoms with Crippen LogP contribution >= 0.6 is 0 Å². The van der Waals surface area contributed by atoms with Crippen molar-refractivity contribution < 1.29 is 37.0 Å². The lowest BCUT2D eigenvalue weighted by Crippen LogP contribution is -2.42. The van der Waals surface area contributed by atoms with Crippen molar-refractivity contribution in [1.29, 1.82) is 0 Å². The summed E-state index contributed by atoms with van der Waals surface area (Å²) >= 11 is 0. The van der Waals surface area contributed by atoms with Gasteiger partial charge in [0, 0.05) is 6.54 Å². The highest BCUT2D eigenvalue weighted by molar-refractivity contribution is 5.93. The third-order valence-electron chi connectivity index (χ3n) is 3.00. The molecule has 0 aliphatic heterocycles. The maximum atomic E-state index is 13.0. The molecular weight excluding hydrogens is 393 g/mol. The van der Waals surface area contributed by atoms with E-state index < -0.39 is 35.0 Å². The molecule has 0 unspecified atom stereocenters. The highest BCUT2D eigenvalue weighted by Gasteiger charge is 2.32. The molecule has 2 N–H and O–H groups in total. The molecule has 0 aliphatic carbocycles. The van der Waals surface area contributed by atoms with E-state index in [0.29, 0.717) is 0 Å². The van der Waals surface area contributed by atoms with Crippen LogP contribution in [0, 0.1) is 0 Å². The second-order valence-corrected chi connectivity index (χ2v) is 8.11. The smallest absolute Gasteiger partial charge is 0.422 e. The number of amides is 1. The van der Waals surface area contributed by atoms with Crippen molar-refractivity contribution in [3.63, 3.8) is 0 Å². The van der Waals surface area contributed by atoms with Crippen LogP contribution in [0.1, 0.15) is 57.5 Å². The minimum Gasteiger partial charge on any atom is -0.491 e. The van der Waals surface area contributed by atoms with E-state index in [4.69, 9.17) is 14.2 Å². The molecule has 0 saturated carbocycles. The summed E-state index contributed by atoms with van der Waals surface area (Å²) in [5.74, 6) is -1.07. The van der Waals surface area contributed by atoms with Gasteiger partial charge in [0.1, 0.15) is 29.1 Å². The number of rotatable bonds is 6. The van der Waals surface area contributed by atoms with Crippen LogP contribution in [-0.2, 0) is 15.7 Å². The first kappa shape index (κ1) is 24.5. The molecule has 0 aliphatic rings. The quantitative estimate of drug-likeness (QED) is 0.410. The molecule has 0 saturated heterocycles. The Balaban J connectivity index is 2.78. The predicted octanol–water partition coefficient (Wildman–Crippen LogP) is 4.07. The molecule has 1 amide bonds. The monoisotopic (exact) mass is 420 g/mol. The van der Waals surface area contributed by atoms with Crippen molar-refractivity contribution in [2.75, 3.05) is 13.2 Å². The lowest BCUT2D eigenvalue weighted by Gasteiger charge is -2.21. The number of benzene rings is 1. The minimum absolute atomic E-state index is 0.0449. The molecule has 0 aromatic heterocycles. The van der Waals surface area contributed by atoms with E-state index >= 15 is 0 Å². The largest absolute Gasteiger partial charge is 0.491 e. The van der Waals surface area contributed by atoms with E-state index in [1.165, 1.54) is 0 Å². The Morgan fingerprint density at radius 2 is 1.55 bits per heavy atom. The van der Waals surface area contributed by atoms with Crippen LogP contribution in [-0.4, -0.2) is 36.4 Å². The Morgan fingerprint density at radius 3 is 2.07 bits per heavy atom. The second-order valence-electron chi connectivity index (χ2n) is 8.11. The molecule has 0 fully saturated rings. The number of halogens is 3. The summed E-state index contributed by atoms with van der Waals surface area (Å²) in [5.41, 5.74) is 2.20. The molecular formula is C19H27F3N2O5. The number of hydrogen-bond acceptors (Lipinski definition) is 6. The number of ether oxygens (including phenoxy) is 3. The molecule has 7 nitrogen and oxygen atoms in total. The number of alkyl halides is 3. The van der Waals surface area contributed by atoms with Gasteiger partial charge in [-0.3, -0.25) is 5.43 Å². The molecule has 10 heteroatoms. The van der Waals surface area contributed by atoms with Gasteiger partial charge in [-0.2, -0.15) is 13.2 Å². The topological polar surface area (TPSA) is 85.9 Å². The van der Waals surface area contributed by atoms with Gasteiger partial charge in [-0.05, 0) is 59.7 Å². The zero-order chi connectivity index (χ0) is 22.5. The molecule has 164 valence electrons. The Kier molecular flexibility index (Phi) is 7.90. The maximum absolute atomic E-state index is 13.0. The normalized spacial score (nSPS) is 12.3. The van der Waals surface area contributed by atoms with Crippen LogP contribution in [0.5, 0.6) is 5.75 Å². The van der Waals surface area contributed by atoms with Gasteiger partial charge in [0.15, 0.2) is 0 Å². The highest BCUT2D eigenvalue weighted by Crippen LogP contribution is 2.33. The van der Waals surface area contributed by atoms with Gasteiger partial charge in [0.2, 0.25) is 0 Å². The third kappa shape index (κ3) is 9.51. The third-order valence-corrected chi connectivity index (χ3v) is 3.00. The molecule has 0 atom stereocenters. The van der Waals surface area contributed by atoms with E-state index in [1.807, 2.05) is 0 Å². The van der Waals surface area contributed by atoms with Gasteiger partial charge in [0.25, 0.3) is 0 Å². The second kappa shape index (κ2) is 9.34. The molecule has 0 heterocycles. The number of hydrazine groups is 1. The van der Waals surface area contributed by atoms with E-state index in [1.54, 1.807) is 41.5 Å². The molecule has 0 spiro atoms. The van der Waals surface area contributed by atoms with E-state index in [0.717, 1.165) is 18.2 Å². The lowest BCUT2D eigenvalue weighted by atomic mass is 10.1. The number of hydrogen-bond donors (Lipinski definition) is 2. The summed E-state index contributed by atoms with van der Waals surface area (Å²) < 4.78 is 54.5. The first-order valence-electron chi connectivity index (χ1n) is 8.88. The number of carbonyl (C=O) groups excluding carboxylic acids is 2. The predicted molar refractivity (Wildman–Crippen MR) is 99.5 cm³/mol. The molecule has 0 bridgehead atoms. The summed E-state index contributed by atoms with van der Waals surface area (Å²) in [4.78, 5) is 23.8. The summed E-state index contributed by atoms with van der Waals surface area (Å²) in [6.07, 6.45) is -5.31. The standard InChI is InChI=1S/C19H27F3N2O5/c1-17(2,3)28-15(25)13-8-7-12(19(20,21)22)11-14(13)27-10-9-23-24-16(26)29-18(4,5)6/h7-8,11,23H,9-10H2,1-6H3,(H,24,26). The van der Waals surface area contributed by atoms with Crippen molar-refractivity contribution in [2.24, 2.45) is 0 Å². The molecule has 1 rings (SSSR count). The fourth-order valence-corrected chi connectivity index (χ4v) is 1.97. The Hall–Kier alpha value is -2.49. The van der Waals surface area contributed by atoms with Crippen molar-refractivity contribution in [1.82, 2.24) is 10.9 Å². The van der Waals surface area contributed by atoms with Crippen molar-refractivity contribution in [3.8, 4) is 5.75 Å². The zero-order valence-electron chi connectivity index (χ0n) is 17.3. The SMILES string of the molecule is CC(C)(C)OC(=O)NNCCOc1cc(C(F)(F)F)ccc1C(=O)OC(C)(C)C. The van der Waals surface area contributed by atoms with Crippen LogP contribution in [0.15, 0.2) is 18.2 Å². The van der Waals surface area contributed by atoms with Gasteiger partial charge in [-0.1, -0.05) is 0 Å². The Labute approximate surface area is 167 Å². The molecule has 29 heavy (non-hydrogen) atoms. The average molecular weight is 420 g/mol. The van der Waals surface area contributed by atoms with Crippen LogP contribution in [0.4, 0.5) is 18.0 Å². The number of nitrogens with one attached hydrogen (secondary N) is 2. The van der Waals surface area contributed by atoms with Gasteiger partial charge in [-0.25, -0.2) is 15.0 Å². The van der Waals surface area contributed by atoms with Crippen LogP contribution in [0.2, 0.25) is 0 Å². The number of esters is 1. The zero-order valence-corrected chi connectivity index (χ0v) is 17.3. The Bertz CT molecular complexity index is 722. The van der Waals surface area contributed by atoms with E-state index in [2.05, 4.69) is 10.9 Å². The van der Waals surface area contributed by atoms with Gasteiger partial charge in [0.05, 0.1) is 5.56 Å². The molecule has 0 radical (unpaired) electrons. The minimum atomic E-state index is -4.60. The van der Waals surface area contributed by atoms with Crippen molar-refractivity contribution >= 4 is 12.1 Å².